The maximum absolute atomic E-state index is 9.91. The summed E-state index contributed by atoms with van der Waals surface area (Å²) in [6.45, 7) is 3.95. The maximum Gasteiger partial charge on any atom is 0.181 e. The molecule has 5 nitrogen and oxygen atoms in total. The highest BCUT2D eigenvalue weighted by Gasteiger charge is 2.16. The van der Waals surface area contributed by atoms with Crippen LogP contribution in [0.1, 0.15) is 26.7 Å². The molecule has 5 heteroatoms. The Morgan fingerprint density at radius 1 is 1.53 bits per heavy atom. The first-order valence-corrected chi connectivity index (χ1v) is 4.92. The van der Waals surface area contributed by atoms with E-state index in [1.807, 2.05) is 19.9 Å². The van der Waals surface area contributed by atoms with E-state index in [9.17, 15) is 5.11 Å². The van der Waals surface area contributed by atoms with E-state index in [1.165, 1.54) is 17.3 Å². The summed E-state index contributed by atoms with van der Waals surface area (Å²) in [7, 11) is 0. The molecule has 0 bridgehead atoms. The second-order valence-corrected chi connectivity index (χ2v) is 3.20. The van der Waals surface area contributed by atoms with Crippen molar-refractivity contribution in [1.29, 1.82) is 5.26 Å². The first kappa shape index (κ1) is 11.2. The number of nitriles is 1. The van der Waals surface area contributed by atoms with E-state index >= 15 is 0 Å². The normalized spacial score (nSPS) is 12.4. The van der Waals surface area contributed by atoms with Crippen molar-refractivity contribution in [2.24, 2.45) is 5.92 Å². The van der Waals surface area contributed by atoms with Gasteiger partial charge in [-0.3, -0.25) is 0 Å². The molecule has 0 aliphatic heterocycles. The molecule has 0 saturated carbocycles. The lowest BCUT2D eigenvalue weighted by atomic mass is 10.00. The van der Waals surface area contributed by atoms with Crippen molar-refractivity contribution in [1.82, 2.24) is 14.8 Å². The van der Waals surface area contributed by atoms with E-state index in [-0.39, 0.29) is 17.4 Å². The molecule has 0 radical (unpaired) electrons. The second kappa shape index (κ2) is 5.15. The lowest BCUT2D eigenvalue weighted by Crippen LogP contribution is -2.08. The molecule has 0 aliphatic carbocycles. The van der Waals surface area contributed by atoms with Gasteiger partial charge in [0.15, 0.2) is 5.70 Å². The van der Waals surface area contributed by atoms with Crippen LogP contribution in [0.2, 0.25) is 0 Å². The van der Waals surface area contributed by atoms with Crippen LogP contribution in [0.15, 0.2) is 18.4 Å². The van der Waals surface area contributed by atoms with Gasteiger partial charge in [-0.2, -0.15) is 10.4 Å². The fourth-order valence-electron chi connectivity index (χ4n) is 1.42. The van der Waals surface area contributed by atoms with Gasteiger partial charge in [0.05, 0.1) is 0 Å². The molecule has 1 N–H and O–H groups in total. The maximum atomic E-state index is 9.91. The Morgan fingerprint density at radius 3 is 2.60 bits per heavy atom. The molecule has 0 aliphatic rings. The Morgan fingerprint density at radius 2 is 2.20 bits per heavy atom. The standard InChI is InChI=1S/C10H14N4O/c1-3-8(4-2)10(15)9(5-11)14-7-12-6-13-14/h6-8,15H,3-4H2,1-2H3/b10-9-. The second-order valence-electron chi connectivity index (χ2n) is 3.20. The SMILES string of the molecule is CCC(CC)/C(O)=C(\C#N)n1cncn1. The highest BCUT2D eigenvalue weighted by atomic mass is 16.3. The zero-order valence-electron chi connectivity index (χ0n) is 8.88. The van der Waals surface area contributed by atoms with E-state index < -0.39 is 0 Å². The summed E-state index contributed by atoms with van der Waals surface area (Å²) in [5.74, 6) is 0.0943. The Bertz CT molecular complexity index is 371. The minimum Gasteiger partial charge on any atom is -0.509 e. The molecule has 80 valence electrons. The van der Waals surface area contributed by atoms with Gasteiger partial charge < -0.3 is 5.11 Å². The number of hydrogen-bond donors (Lipinski definition) is 1. The largest absolute Gasteiger partial charge is 0.509 e. The quantitative estimate of drug-likeness (QED) is 0.603. The highest BCUT2D eigenvalue weighted by Crippen LogP contribution is 2.21. The van der Waals surface area contributed by atoms with Crippen LogP contribution in [0.5, 0.6) is 0 Å². The van der Waals surface area contributed by atoms with Gasteiger partial charge in [0.2, 0.25) is 0 Å². The van der Waals surface area contributed by atoms with Crippen LogP contribution < -0.4 is 0 Å². The molecule has 0 amide bonds. The van der Waals surface area contributed by atoms with Gasteiger partial charge in [0.25, 0.3) is 0 Å². The summed E-state index contributed by atoms with van der Waals surface area (Å²) in [5, 5.41) is 22.7. The Kier molecular flexibility index (Phi) is 3.86. The third-order valence-corrected chi connectivity index (χ3v) is 2.37. The van der Waals surface area contributed by atoms with Gasteiger partial charge in [-0.05, 0) is 12.8 Å². The number of aliphatic hydroxyl groups excluding tert-OH is 1. The fraction of sp³-hybridized carbons (Fsp3) is 0.500. The summed E-state index contributed by atoms with van der Waals surface area (Å²) in [5.41, 5.74) is 0.154. The van der Waals surface area contributed by atoms with Crippen LogP contribution in [0.3, 0.4) is 0 Å². The molecule has 0 spiro atoms. The molecule has 0 atom stereocenters. The molecule has 0 fully saturated rings. The van der Waals surface area contributed by atoms with E-state index in [2.05, 4.69) is 10.1 Å². The van der Waals surface area contributed by atoms with E-state index in [0.717, 1.165) is 12.8 Å². The van der Waals surface area contributed by atoms with Crippen LogP contribution in [0, 0.1) is 17.2 Å². The minimum absolute atomic E-state index is 0.00356. The predicted molar refractivity (Wildman–Crippen MR) is 55.6 cm³/mol. The minimum atomic E-state index is 0.00356. The van der Waals surface area contributed by atoms with Gasteiger partial charge in [-0.15, -0.1) is 0 Å². The molecule has 15 heavy (non-hydrogen) atoms. The molecule has 1 heterocycles. The van der Waals surface area contributed by atoms with Crippen molar-refractivity contribution in [3.05, 3.63) is 18.4 Å². The van der Waals surface area contributed by atoms with Gasteiger partial charge in [0, 0.05) is 5.92 Å². The summed E-state index contributed by atoms with van der Waals surface area (Å²) < 4.78 is 1.29. The summed E-state index contributed by atoms with van der Waals surface area (Å²) in [6, 6.07) is 1.94. The van der Waals surface area contributed by atoms with Crippen molar-refractivity contribution in [3.8, 4) is 6.07 Å². The van der Waals surface area contributed by atoms with Crippen molar-refractivity contribution >= 4 is 5.70 Å². The first-order chi connectivity index (χ1) is 7.24. The smallest absolute Gasteiger partial charge is 0.181 e. The highest BCUT2D eigenvalue weighted by molar-refractivity contribution is 5.61. The Balaban J connectivity index is 3.09. The Labute approximate surface area is 88.7 Å². The molecule has 1 aromatic heterocycles. The van der Waals surface area contributed by atoms with E-state index in [4.69, 9.17) is 5.26 Å². The zero-order chi connectivity index (χ0) is 11.3. The predicted octanol–water partition coefficient (Wildman–Crippen LogP) is 1.96. The van der Waals surface area contributed by atoms with Gasteiger partial charge in [-0.1, -0.05) is 13.8 Å². The molecule has 0 aromatic carbocycles. The third-order valence-electron chi connectivity index (χ3n) is 2.37. The Hall–Kier alpha value is -1.83. The molecule has 1 rings (SSSR count). The number of rotatable bonds is 4. The van der Waals surface area contributed by atoms with Crippen LogP contribution in [0.25, 0.3) is 5.70 Å². The summed E-state index contributed by atoms with van der Waals surface area (Å²) in [4.78, 5) is 3.74. The van der Waals surface area contributed by atoms with Crippen molar-refractivity contribution in [3.63, 3.8) is 0 Å². The summed E-state index contributed by atoms with van der Waals surface area (Å²) >= 11 is 0. The number of aliphatic hydroxyl groups is 1. The molecule has 0 unspecified atom stereocenters. The lowest BCUT2D eigenvalue weighted by Gasteiger charge is -2.12. The molecular formula is C10H14N4O. The number of aromatic nitrogens is 3. The topological polar surface area (TPSA) is 74.7 Å². The fourth-order valence-corrected chi connectivity index (χ4v) is 1.42. The summed E-state index contributed by atoms with van der Waals surface area (Å²) in [6.07, 6.45) is 4.32. The van der Waals surface area contributed by atoms with Crippen molar-refractivity contribution in [2.45, 2.75) is 26.7 Å². The molecule has 0 saturated heterocycles. The molecule has 1 aromatic rings. The van der Waals surface area contributed by atoms with Crippen molar-refractivity contribution < 1.29 is 5.11 Å². The van der Waals surface area contributed by atoms with Gasteiger partial charge in [-0.25, -0.2) is 9.67 Å². The van der Waals surface area contributed by atoms with Crippen LogP contribution in [0.4, 0.5) is 0 Å². The lowest BCUT2D eigenvalue weighted by molar-refractivity contribution is 0.319. The van der Waals surface area contributed by atoms with Crippen LogP contribution in [-0.2, 0) is 0 Å². The number of nitrogens with zero attached hydrogens (tertiary/aromatic N) is 4. The van der Waals surface area contributed by atoms with Gasteiger partial charge in [0.1, 0.15) is 24.5 Å². The first-order valence-electron chi connectivity index (χ1n) is 4.92. The number of hydrogen-bond acceptors (Lipinski definition) is 4. The third kappa shape index (κ3) is 2.34. The number of allylic oxidation sites excluding steroid dienone is 2. The van der Waals surface area contributed by atoms with E-state index in [0.29, 0.717) is 0 Å². The van der Waals surface area contributed by atoms with E-state index in [1.54, 1.807) is 0 Å². The monoisotopic (exact) mass is 206 g/mol. The average Bonchev–Trinajstić information content (AvgIpc) is 2.74. The van der Waals surface area contributed by atoms with Crippen LogP contribution in [-0.4, -0.2) is 19.9 Å². The zero-order valence-corrected chi connectivity index (χ0v) is 8.88. The van der Waals surface area contributed by atoms with Crippen LogP contribution >= 0.6 is 0 Å². The van der Waals surface area contributed by atoms with Gasteiger partial charge >= 0.3 is 0 Å². The molecular weight excluding hydrogens is 192 g/mol. The van der Waals surface area contributed by atoms with Crippen molar-refractivity contribution in [2.75, 3.05) is 0 Å². The average molecular weight is 206 g/mol.